The number of quaternary nitrogens is 1. The molecular formula is C18H26N3OS+. The molecule has 1 saturated carbocycles. The lowest BCUT2D eigenvalue weighted by molar-refractivity contribution is -0.895. The topological polar surface area (TPSA) is 39.3 Å². The monoisotopic (exact) mass is 332 g/mol. The molecule has 2 aliphatic rings. The van der Waals surface area contributed by atoms with Gasteiger partial charge in [0.1, 0.15) is 17.2 Å². The minimum absolute atomic E-state index is 0.246. The van der Waals surface area contributed by atoms with Crippen LogP contribution < -0.4 is 10.5 Å². The Morgan fingerprint density at radius 2 is 2.09 bits per heavy atom. The van der Waals surface area contributed by atoms with Crippen LogP contribution in [0.25, 0.3) is 10.2 Å². The molecule has 0 saturated heterocycles. The quantitative estimate of drug-likeness (QED) is 0.915. The van der Waals surface area contributed by atoms with E-state index in [1.54, 1.807) is 11.3 Å². The van der Waals surface area contributed by atoms with Gasteiger partial charge >= 0.3 is 0 Å². The molecule has 0 aromatic carbocycles. The Morgan fingerprint density at radius 3 is 2.83 bits per heavy atom. The van der Waals surface area contributed by atoms with Crippen molar-refractivity contribution < 1.29 is 4.90 Å². The molecule has 23 heavy (non-hydrogen) atoms. The minimum atomic E-state index is 0.246. The normalized spacial score (nSPS) is 22.4. The fraction of sp³-hybridized carbons (Fsp3) is 0.667. The van der Waals surface area contributed by atoms with Crippen molar-refractivity contribution in [2.24, 2.45) is 0 Å². The van der Waals surface area contributed by atoms with Crippen molar-refractivity contribution in [2.75, 3.05) is 13.6 Å². The molecule has 1 atom stereocenters. The molecule has 1 aliphatic heterocycles. The average molecular weight is 332 g/mol. The van der Waals surface area contributed by atoms with E-state index in [0.717, 1.165) is 54.8 Å². The van der Waals surface area contributed by atoms with Crippen LogP contribution in [0.1, 0.15) is 61.3 Å². The van der Waals surface area contributed by atoms with Crippen molar-refractivity contribution in [3.8, 4) is 0 Å². The minimum Gasteiger partial charge on any atom is -0.333 e. The summed E-state index contributed by atoms with van der Waals surface area (Å²) in [4.78, 5) is 22.2. The third kappa shape index (κ3) is 2.54. The summed E-state index contributed by atoms with van der Waals surface area (Å²) in [5.74, 6) is 0.994. The molecule has 2 aromatic rings. The van der Waals surface area contributed by atoms with Crippen LogP contribution in [0, 0.1) is 0 Å². The highest BCUT2D eigenvalue weighted by atomic mass is 32.1. The van der Waals surface area contributed by atoms with Gasteiger partial charge < -0.3 is 4.90 Å². The standard InChI is InChI=1S/C18H25N3OS/c1-3-15-19-17-16(13-9-10-20(2)11-14(13)23-17)18(22)21(15)12-7-5-4-6-8-12/h12H,3-11H2,1-2H3/p+1. The van der Waals surface area contributed by atoms with Gasteiger partial charge in [-0.15, -0.1) is 11.3 Å². The Bertz CT molecular complexity index is 786. The summed E-state index contributed by atoms with van der Waals surface area (Å²) in [5, 5.41) is 0.945. The van der Waals surface area contributed by atoms with Crippen LogP contribution in [0.3, 0.4) is 0 Å². The van der Waals surface area contributed by atoms with Crippen molar-refractivity contribution in [3.63, 3.8) is 0 Å². The zero-order valence-corrected chi connectivity index (χ0v) is 15.0. The van der Waals surface area contributed by atoms with E-state index in [9.17, 15) is 4.79 Å². The number of hydrogen-bond donors (Lipinski definition) is 1. The second-order valence-corrected chi connectivity index (χ2v) is 8.25. The first-order valence-corrected chi connectivity index (χ1v) is 9.87. The molecular weight excluding hydrogens is 306 g/mol. The number of likely N-dealkylation sites (N-methyl/N-ethyl adjacent to an activating group) is 1. The smallest absolute Gasteiger partial charge is 0.262 e. The van der Waals surface area contributed by atoms with Crippen molar-refractivity contribution in [3.05, 3.63) is 26.6 Å². The van der Waals surface area contributed by atoms with Gasteiger partial charge in [0.15, 0.2) is 0 Å². The van der Waals surface area contributed by atoms with Gasteiger partial charge in [-0.05, 0) is 18.4 Å². The summed E-state index contributed by atoms with van der Waals surface area (Å²) in [5.41, 5.74) is 1.55. The highest BCUT2D eigenvalue weighted by Gasteiger charge is 2.27. The average Bonchev–Trinajstić information content (AvgIpc) is 2.92. The van der Waals surface area contributed by atoms with E-state index in [-0.39, 0.29) is 5.56 Å². The fourth-order valence-corrected chi connectivity index (χ4v) is 5.62. The number of rotatable bonds is 2. The van der Waals surface area contributed by atoms with E-state index in [0.29, 0.717) is 6.04 Å². The van der Waals surface area contributed by atoms with Gasteiger partial charge in [-0.2, -0.15) is 0 Å². The molecule has 4 nitrogen and oxygen atoms in total. The Balaban J connectivity index is 1.92. The highest BCUT2D eigenvalue weighted by molar-refractivity contribution is 7.18. The van der Waals surface area contributed by atoms with E-state index in [2.05, 4.69) is 18.5 Å². The molecule has 0 amide bonds. The third-order valence-corrected chi connectivity index (χ3v) is 6.66. The summed E-state index contributed by atoms with van der Waals surface area (Å²) < 4.78 is 2.07. The van der Waals surface area contributed by atoms with E-state index in [4.69, 9.17) is 4.98 Å². The van der Waals surface area contributed by atoms with Gasteiger partial charge in [0, 0.05) is 18.9 Å². The summed E-state index contributed by atoms with van der Waals surface area (Å²) in [6, 6.07) is 0.371. The lowest BCUT2D eigenvalue weighted by Crippen LogP contribution is -3.08. The number of hydrogen-bond acceptors (Lipinski definition) is 3. The number of nitrogens with zero attached hydrogens (tertiary/aromatic N) is 2. The first-order valence-electron chi connectivity index (χ1n) is 9.06. The van der Waals surface area contributed by atoms with Gasteiger partial charge in [-0.1, -0.05) is 26.2 Å². The lowest BCUT2D eigenvalue weighted by Gasteiger charge is -2.26. The Kier molecular flexibility index (Phi) is 4.01. The summed E-state index contributed by atoms with van der Waals surface area (Å²) in [6.07, 6.45) is 7.94. The molecule has 1 N–H and O–H groups in total. The third-order valence-electron chi connectivity index (χ3n) is 5.53. The van der Waals surface area contributed by atoms with Gasteiger partial charge in [0.05, 0.1) is 23.9 Å². The molecule has 1 fully saturated rings. The number of nitrogens with one attached hydrogen (secondary N) is 1. The zero-order valence-electron chi connectivity index (χ0n) is 14.2. The Labute approximate surface area is 141 Å². The SMILES string of the molecule is CCc1nc2sc3c(c2c(=O)n1C1CCCCC1)CC[NH+](C)C3. The zero-order chi connectivity index (χ0) is 16.0. The first kappa shape index (κ1) is 15.3. The lowest BCUT2D eigenvalue weighted by atomic mass is 9.95. The van der Waals surface area contributed by atoms with Crippen molar-refractivity contribution in [1.29, 1.82) is 0 Å². The second-order valence-electron chi connectivity index (χ2n) is 7.17. The van der Waals surface area contributed by atoms with Gasteiger partial charge in [0.2, 0.25) is 0 Å². The Hall–Kier alpha value is -1.20. The summed E-state index contributed by atoms with van der Waals surface area (Å²) >= 11 is 1.76. The van der Waals surface area contributed by atoms with Gasteiger partial charge in [-0.25, -0.2) is 4.98 Å². The van der Waals surface area contributed by atoms with Crippen LogP contribution >= 0.6 is 11.3 Å². The molecule has 1 aliphatic carbocycles. The van der Waals surface area contributed by atoms with E-state index >= 15 is 0 Å². The van der Waals surface area contributed by atoms with Crippen molar-refractivity contribution in [1.82, 2.24) is 9.55 Å². The molecule has 5 heteroatoms. The Morgan fingerprint density at radius 1 is 1.30 bits per heavy atom. The predicted molar refractivity (Wildman–Crippen MR) is 94.5 cm³/mol. The summed E-state index contributed by atoms with van der Waals surface area (Å²) in [7, 11) is 2.23. The molecule has 4 rings (SSSR count). The van der Waals surface area contributed by atoms with Crippen LogP contribution in [-0.2, 0) is 19.4 Å². The van der Waals surface area contributed by atoms with E-state index < -0.39 is 0 Å². The van der Waals surface area contributed by atoms with Crippen LogP contribution in [0.5, 0.6) is 0 Å². The highest BCUT2D eigenvalue weighted by Crippen LogP contribution is 2.32. The van der Waals surface area contributed by atoms with Crippen LogP contribution in [0.4, 0.5) is 0 Å². The van der Waals surface area contributed by atoms with E-state index in [1.165, 1.54) is 34.6 Å². The second kappa shape index (κ2) is 6.02. The van der Waals surface area contributed by atoms with Crippen molar-refractivity contribution in [2.45, 2.75) is 64.5 Å². The van der Waals surface area contributed by atoms with Gasteiger partial charge in [0.25, 0.3) is 5.56 Å². The first-order chi connectivity index (χ1) is 11.2. The molecule has 3 heterocycles. The fourth-order valence-electron chi connectivity index (χ4n) is 4.28. The van der Waals surface area contributed by atoms with Crippen LogP contribution in [-0.4, -0.2) is 23.1 Å². The largest absolute Gasteiger partial charge is 0.333 e. The molecule has 1 unspecified atom stereocenters. The molecule has 124 valence electrons. The maximum absolute atomic E-state index is 13.3. The number of fused-ring (bicyclic) bond motifs is 3. The summed E-state index contributed by atoms with van der Waals surface area (Å²) in [6.45, 7) is 4.29. The number of aromatic nitrogens is 2. The predicted octanol–water partition coefficient (Wildman–Crippen LogP) is 2.10. The van der Waals surface area contributed by atoms with Crippen LogP contribution in [0.15, 0.2) is 4.79 Å². The molecule has 0 spiro atoms. The van der Waals surface area contributed by atoms with Crippen molar-refractivity contribution >= 4 is 21.6 Å². The molecule has 0 bridgehead atoms. The number of thiophene rings is 1. The van der Waals surface area contributed by atoms with Crippen LogP contribution in [0.2, 0.25) is 0 Å². The maximum atomic E-state index is 13.3. The van der Waals surface area contributed by atoms with E-state index in [1.807, 2.05) is 0 Å². The number of aryl methyl sites for hydroxylation is 1. The van der Waals surface area contributed by atoms with Gasteiger partial charge in [-0.3, -0.25) is 9.36 Å². The molecule has 0 radical (unpaired) electrons. The maximum Gasteiger partial charge on any atom is 0.262 e. The molecule has 2 aromatic heterocycles.